The highest BCUT2D eigenvalue weighted by atomic mass is 35.5. The molecule has 0 fully saturated rings. The van der Waals surface area contributed by atoms with E-state index >= 15 is 0 Å². The van der Waals surface area contributed by atoms with Gasteiger partial charge < -0.3 is 15.3 Å². The second-order valence-corrected chi connectivity index (χ2v) is 4.87. The van der Waals surface area contributed by atoms with Crippen molar-refractivity contribution in [2.45, 2.75) is 0 Å². The Morgan fingerprint density at radius 2 is 1.82 bits per heavy atom. The Morgan fingerprint density at radius 1 is 1.18 bits per heavy atom. The summed E-state index contributed by atoms with van der Waals surface area (Å²) in [5, 5.41) is 11.4. The van der Waals surface area contributed by atoms with Gasteiger partial charge in [0.05, 0.1) is 5.02 Å². The summed E-state index contributed by atoms with van der Waals surface area (Å²) in [6.45, 7) is 0. The molecule has 0 saturated carbocycles. The molecule has 2 N–H and O–H groups in total. The van der Waals surface area contributed by atoms with Gasteiger partial charge in [0.25, 0.3) is 0 Å². The molecule has 5 nitrogen and oxygen atoms in total. The van der Waals surface area contributed by atoms with Gasteiger partial charge in [-0.1, -0.05) is 11.6 Å². The van der Waals surface area contributed by atoms with Gasteiger partial charge in [0.2, 0.25) is 0 Å². The minimum absolute atomic E-state index is 0.0509. The quantitative estimate of drug-likeness (QED) is 0.835. The van der Waals surface area contributed by atoms with E-state index in [-0.39, 0.29) is 16.5 Å². The Morgan fingerprint density at radius 3 is 2.41 bits per heavy atom. The Kier molecular flexibility index (Phi) is 4.62. The van der Waals surface area contributed by atoms with E-state index in [1.807, 2.05) is 0 Å². The van der Waals surface area contributed by atoms with E-state index in [0.717, 1.165) is 11.0 Å². The van der Waals surface area contributed by atoms with Gasteiger partial charge >= 0.3 is 11.8 Å². The van der Waals surface area contributed by atoms with Crippen LogP contribution < -0.4 is 10.2 Å². The smallest absolute Gasteiger partial charge is 0.316 e. The summed E-state index contributed by atoms with van der Waals surface area (Å²) in [7, 11) is 1.42. The third-order valence-electron chi connectivity index (χ3n) is 2.91. The van der Waals surface area contributed by atoms with Gasteiger partial charge in [-0.25, -0.2) is 4.39 Å². The number of carbonyl (C=O) groups excluding carboxylic acids is 2. The summed E-state index contributed by atoms with van der Waals surface area (Å²) in [5.41, 5.74) is 0.652. The van der Waals surface area contributed by atoms with Crippen LogP contribution in [0.3, 0.4) is 0 Å². The molecule has 0 radical (unpaired) electrons. The monoisotopic (exact) mass is 322 g/mol. The SMILES string of the molecule is CN(C(=O)C(=O)Nc1ccc(F)c(Cl)c1)c1ccc(O)cc1. The zero-order chi connectivity index (χ0) is 16.3. The minimum atomic E-state index is -0.891. The Labute approximate surface area is 130 Å². The standard InChI is InChI=1S/C15H12ClFN2O3/c1-19(10-3-5-11(20)6-4-10)15(22)14(21)18-9-2-7-13(17)12(16)8-9/h2-8,20H,1H3,(H,18,21). The Hall–Kier alpha value is -2.60. The van der Waals surface area contributed by atoms with Crippen LogP contribution in [0.5, 0.6) is 5.75 Å². The molecule has 22 heavy (non-hydrogen) atoms. The molecule has 2 rings (SSSR count). The number of amides is 2. The molecule has 0 atom stereocenters. The molecule has 0 spiro atoms. The largest absolute Gasteiger partial charge is 0.508 e. The van der Waals surface area contributed by atoms with Gasteiger partial charge in [-0.2, -0.15) is 0 Å². The number of phenolic OH excluding ortho intramolecular Hbond substituents is 1. The fraction of sp³-hybridized carbons (Fsp3) is 0.0667. The number of rotatable bonds is 2. The molecule has 2 amide bonds. The number of nitrogens with zero attached hydrogens (tertiary/aromatic N) is 1. The second-order valence-electron chi connectivity index (χ2n) is 4.46. The molecule has 0 aliphatic carbocycles. The number of likely N-dealkylation sites (N-methyl/N-ethyl adjacent to an activating group) is 1. The van der Waals surface area contributed by atoms with Gasteiger partial charge in [-0.05, 0) is 42.5 Å². The van der Waals surface area contributed by atoms with Crippen LogP contribution in [-0.2, 0) is 9.59 Å². The normalized spacial score (nSPS) is 10.1. The highest BCUT2D eigenvalue weighted by Gasteiger charge is 2.20. The molecule has 114 valence electrons. The van der Waals surface area contributed by atoms with Gasteiger partial charge in [0, 0.05) is 18.4 Å². The Bertz CT molecular complexity index is 719. The predicted octanol–water partition coefficient (Wildman–Crippen LogP) is 2.79. The van der Waals surface area contributed by atoms with Crippen LogP contribution in [-0.4, -0.2) is 24.0 Å². The van der Waals surface area contributed by atoms with E-state index in [1.54, 1.807) is 0 Å². The van der Waals surface area contributed by atoms with Gasteiger partial charge in [0.1, 0.15) is 11.6 Å². The van der Waals surface area contributed by atoms with Crippen LogP contribution in [0.25, 0.3) is 0 Å². The predicted molar refractivity (Wildman–Crippen MR) is 81.6 cm³/mol. The fourth-order valence-electron chi connectivity index (χ4n) is 1.70. The number of aromatic hydroxyl groups is 1. The van der Waals surface area contributed by atoms with E-state index < -0.39 is 17.6 Å². The highest BCUT2D eigenvalue weighted by Crippen LogP contribution is 2.20. The summed E-state index contributed by atoms with van der Waals surface area (Å²) >= 11 is 5.60. The van der Waals surface area contributed by atoms with E-state index in [1.165, 1.54) is 43.4 Å². The topological polar surface area (TPSA) is 69.6 Å². The third kappa shape index (κ3) is 3.53. The van der Waals surface area contributed by atoms with Gasteiger partial charge in [-0.3, -0.25) is 9.59 Å². The van der Waals surface area contributed by atoms with Crippen molar-refractivity contribution in [3.8, 4) is 5.75 Å². The average molecular weight is 323 g/mol. The molecule has 0 saturated heterocycles. The number of phenols is 1. The maximum atomic E-state index is 13.0. The van der Waals surface area contributed by atoms with Crippen molar-refractivity contribution < 1.29 is 19.1 Å². The van der Waals surface area contributed by atoms with Crippen LogP contribution in [0.1, 0.15) is 0 Å². The van der Waals surface area contributed by atoms with Crippen LogP contribution in [0.4, 0.5) is 15.8 Å². The molecular weight excluding hydrogens is 311 g/mol. The van der Waals surface area contributed by atoms with Crippen molar-refractivity contribution in [1.82, 2.24) is 0 Å². The van der Waals surface area contributed by atoms with Crippen molar-refractivity contribution in [3.63, 3.8) is 0 Å². The summed E-state index contributed by atoms with van der Waals surface area (Å²) < 4.78 is 13.0. The summed E-state index contributed by atoms with van der Waals surface area (Å²) in [6.07, 6.45) is 0. The third-order valence-corrected chi connectivity index (χ3v) is 3.20. The van der Waals surface area contributed by atoms with Crippen LogP contribution >= 0.6 is 11.6 Å². The van der Waals surface area contributed by atoms with Crippen molar-refractivity contribution in [2.24, 2.45) is 0 Å². The molecule has 0 aliphatic heterocycles. The maximum Gasteiger partial charge on any atom is 0.316 e. The second kappa shape index (κ2) is 6.44. The average Bonchev–Trinajstić information content (AvgIpc) is 2.50. The summed E-state index contributed by atoms with van der Waals surface area (Å²) in [6, 6.07) is 9.39. The summed E-state index contributed by atoms with van der Waals surface area (Å²) in [5.74, 6) is -2.27. The molecule has 0 unspecified atom stereocenters. The van der Waals surface area contributed by atoms with Gasteiger partial charge in [0.15, 0.2) is 0 Å². The molecule has 0 heterocycles. The van der Waals surface area contributed by atoms with Crippen molar-refractivity contribution in [3.05, 3.63) is 53.3 Å². The van der Waals surface area contributed by atoms with E-state index in [0.29, 0.717) is 5.69 Å². The number of carbonyl (C=O) groups is 2. The zero-order valence-corrected chi connectivity index (χ0v) is 12.3. The first kappa shape index (κ1) is 15.8. The lowest BCUT2D eigenvalue weighted by molar-refractivity contribution is -0.134. The van der Waals surface area contributed by atoms with E-state index in [4.69, 9.17) is 11.6 Å². The number of anilines is 2. The lowest BCUT2D eigenvalue weighted by Crippen LogP contribution is -2.37. The minimum Gasteiger partial charge on any atom is -0.508 e. The maximum absolute atomic E-state index is 13.0. The summed E-state index contributed by atoms with van der Waals surface area (Å²) in [4.78, 5) is 25.1. The van der Waals surface area contributed by atoms with Crippen LogP contribution in [0.2, 0.25) is 5.02 Å². The van der Waals surface area contributed by atoms with Crippen LogP contribution in [0.15, 0.2) is 42.5 Å². The lowest BCUT2D eigenvalue weighted by atomic mass is 10.2. The number of hydrogen-bond acceptors (Lipinski definition) is 3. The number of halogens is 2. The van der Waals surface area contributed by atoms with E-state index in [2.05, 4.69) is 5.32 Å². The molecular formula is C15H12ClFN2O3. The fourth-order valence-corrected chi connectivity index (χ4v) is 1.88. The van der Waals surface area contributed by atoms with Crippen LogP contribution in [0, 0.1) is 5.82 Å². The highest BCUT2D eigenvalue weighted by molar-refractivity contribution is 6.44. The van der Waals surface area contributed by atoms with Crippen molar-refractivity contribution >= 4 is 34.8 Å². The molecule has 2 aromatic carbocycles. The molecule has 0 aromatic heterocycles. The number of benzene rings is 2. The lowest BCUT2D eigenvalue weighted by Gasteiger charge is -2.16. The zero-order valence-electron chi connectivity index (χ0n) is 11.5. The molecule has 2 aromatic rings. The van der Waals surface area contributed by atoms with Crippen molar-refractivity contribution in [1.29, 1.82) is 0 Å². The van der Waals surface area contributed by atoms with Crippen molar-refractivity contribution in [2.75, 3.05) is 17.3 Å². The van der Waals surface area contributed by atoms with Gasteiger partial charge in [-0.15, -0.1) is 0 Å². The van der Waals surface area contributed by atoms with E-state index in [9.17, 15) is 19.1 Å². The Balaban J connectivity index is 2.09. The number of hydrogen-bond donors (Lipinski definition) is 2. The molecule has 0 bridgehead atoms. The molecule has 7 heteroatoms. The first-order valence-electron chi connectivity index (χ1n) is 6.21. The molecule has 0 aliphatic rings. The first-order valence-corrected chi connectivity index (χ1v) is 6.59. The first-order chi connectivity index (χ1) is 10.4. The number of nitrogens with one attached hydrogen (secondary N) is 1.